The zero-order chi connectivity index (χ0) is 21.1. The summed E-state index contributed by atoms with van der Waals surface area (Å²) >= 11 is 1.69. The van der Waals surface area contributed by atoms with Gasteiger partial charge in [0.15, 0.2) is 0 Å². The van der Waals surface area contributed by atoms with Crippen molar-refractivity contribution in [2.75, 3.05) is 13.1 Å². The predicted molar refractivity (Wildman–Crippen MR) is 121 cm³/mol. The van der Waals surface area contributed by atoms with Crippen LogP contribution in [0.4, 0.5) is 0 Å². The first-order chi connectivity index (χ1) is 14.4. The molecule has 0 aliphatic carbocycles. The number of carbonyl (C=O) groups is 2. The van der Waals surface area contributed by atoms with Gasteiger partial charge in [-0.15, -0.1) is 11.3 Å². The van der Waals surface area contributed by atoms with E-state index < -0.39 is 5.41 Å². The number of amides is 2. The van der Waals surface area contributed by atoms with Crippen LogP contribution in [0, 0.1) is 12.3 Å². The number of rotatable bonds is 6. The van der Waals surface area contributed by atoms with Crippen molar-refractivity contribution in [3.05, 3.63) is 82.7 Å². The lowest BCUT2D eigenvalue weighted by Gasteiger charge is -2.26. The number of nitrogens with zero attached hydrogens (tertiary/aromatic N) is 1. The van der Waals surface area contributed by atoms with Crippen molar-refractivity contribution in [2.45, 2.75) is 26.2 Å². The van der Waals surface area contributed by atoms with Gasteiger partial charge in [-0.25, -0.2) is 0 Å². The molecule has 0 bridgehead atoms. The number of nitrogens with two attached hydrogens (primary N) is 1. The van der Waals surface area contributed by atoms with Gasteiger partial charge in [-0.1, -0.05) is 60.2 Å². The third kappa shape index (κ3) is 4.31. The van der Waals surface area contributed by atoms with Gasteiger partial charge in [0.05, 0.1) is 11.8 Å². The van der Waals surface area contributed by atoms with E-state index in [1.807, 2.05) is 49.4 Å². The van der Waals surface area contributed by atoms with Gasteiger partial charge in [0, 0.05) is 18.0 Å². The van der Waals surface area contributed by atoms with Gasteiger partial charge < -0.3 is 10.6 Å². The summed E-state index contributed by atoms with van der Waals surface area (Å²) < 4.78 is 0. The molecule has 0 radical (unpaired) electrons. The lowest BCUT2D eigenvalue weighted by molar-refractivity contribution is -0.131. The normalized spacial score (nSPS) is 18.5. The van der Waals surface area contributed by atoms with Gasteiger partial charge in [0.25, 0.3) is 0 Å². The van der Waals surface area contributed by atoms with E-state index in [9.17, 15) is 9.59 Å². The summed E-state index contributed by atoms with van der Waals surface area (Å²) in [6.07, 6.45) is 1.50. The maximum absolute atomic E-state index is 12.8. The molecule has 0 saturated carbocycles. The zero-order valence-electron chi connectivity index (χ0n) is 17.1. The number of carbonyl (C=O) groups excluding carboxylic acids is 2. The molecule has 2 aromatic carbocycles. The van der Waals surface area contributed by atoms with Crippen molar-refractivity contribution in [3.8, 4) is 10.4 Å². The molecule has 30 heavy (non-hydrogen) atoms. The summed E-state index contributed by atoms with van der Waals surface area (Å²) in [6.45, 7) is 2.98. The summed E-state index contributed by atoms with van der Waals surface area (Å²) in [7, 11) is 0. The summed E-state index contributed by atoms with van der Waals surface area (Å²) in [5, 5.41) is 2.06. The van der Waals surface area contributed by atoms with Crippen LogP contribution >= 0.6 is 11.3 Å². The minimum absolute atomic E-state index is 0.0503. The first-order valence-electron chi connectivity index (χ1n) is 10.2. The molecule has 1 atom stereocenters. The molecular formula is C25H26N2O2S. The first kappa shape index (κ1) is 20.4. The van der Waals surface area contributed by atoms with Gasteiger partial charge >= 0.3 is 0 Å². The third-order valence-corrected chi connectivity index (χ3v) is 6.90. The SMILES string of the molecule is Cc1ccc(CC(=O)N2CC[C@@](Cc3cccc(-c4cccs4)c3)(C(N)=O)C2)cc1. The van der Waals surface area contributed by atoms with E-state index in [-0.39, 0.29) is 11.8 Å². The number of thiophene rings is 1. The van der Waals surface area contributed by atoms with Crippen LogP contribution in [0.1, 0.15) is 23.1 Å². The average Bonchev–Trinajstić information content (AvgIpc) is 3.41. The maximum atomic E-state index is 12.8. The fourth-order valence-corrected chi connectivity index (χ4v) is 4.90. The van der Waals surface area contributed by atoms with Crippen LogP contribution in [0.15, 0.2) is 66.0 Å². The van der Waals surface area contributed by atoms with Crippen LogP contribution in [-0.4, -0.2) is 29.8 Å². The molecule has 0 spiro atoms. The second kappa shape index (κ2) is 8.44. The summed E-state index contributed by atoms with van der Waals surface area (Å²) in [5.41, 5.74) is 9.54. The molecule has 154 valence electrons. The second-order valence-corrected chi connectivity index (χ2v) is 9.17. The molecule has 1 saturated heterocycles. The standard InChI is InChI=1S/C25H26N2O2S/c1-18-7-9-19(10-8-18)15-23(28)27-12-11-25(17-27,24(26)29)16-20-4-2-5-21(14-20)22-6-3-13-30-22/h2-10,13-14H,11-12,15-17H2,1H3,(H2,26,29)/t25-/m0/s1. The van der Waals surface area contributed by atoms with Gasteiger partial charge in [0.1, 0.15) is 0 Å². The average molecular weight is 419 g/mol. The highest BCUT2D eigenvalue weighted by Gasteiger charge is 2.44. The number of primary amides is 1. The fraction of sp³-hybridized carbons (Fsp3) is 0.280. The van der Waals surface area contributed by atoms with Gasteiger partial charge in [0.2, 0.25) is 11.8 Å². The highest BCUT2D eigenvalue weighted by Crippen LogP contribution is 2.35. The summed E-state index contributed by atoms with van der Waals surface area (Å²) in [4.78, 5) is 28.3. The molecule has 1 aliphatic heterocycles. The number of likely N-dealkylation sites (tertiary alicyclic amines) is 1. The van der Waals surface area contributed by atoms with Crippen molar-refractivity contribution >= 4 is 23.2 Å². The van der Waals surface area contributed by atoms with Gasteiger partial charge in [-0.3, -0.25) is 9.59 Å². The monoisotopic (exact) mass is 418 g/mol. The largest absolute Gasteiger partial charge is 0.369 e. The van der Waals surface area contributed by atoms with E-state index in [4.69, 9.17) is 5.73 Å². The molecule has 0 unspecified atom stereocenters. The molecule has 2 heterocycles. The quantitative estimate of drug-likeness (QED) is 0.652. The fourth-order valence-electron chi connectivity index (χ4n) is 4.18. The Kier molecular flexibility index (Phi) is 5.73. The van der Waals surface area contributed by atoms with Crippen LogP contribution in [0.3, 0.4) is 0 Å². The van der Waals surface area contributed by atoms with Crippen LogP contribution in [0.25, 0.3) is 10.4 Å². The van der Waals surface area contributed by atoms with E-state index in [2.05, 4.69) is 23.6 Å². The number of benzene rings is 2. The maximum Gasteiger partial charge on any atom is 0.227 e. The van der Waals surface area contributed by atoms with Crippen molar-refractivity contribution in [1.29, 1.82) is 0 Å². The van der Waals surface area contributed by atoms with Crippen molar-refractivity contribution in [2.24, 2.45) is 11.1 Å². The smallest absolute Gasteiger partial charge is 0.227 e. The Morgan fingerprint density at radius 3 is 2.57 bits per heavy atom. The predicted octanol–water partition coefficient (Wildman–Crippen LogP) is 4.21. The van der Waals surface area contributed by atoms with E-state index in [0.29, 0.717) is 32.4 Å². The molecule has 1 fully saturated rings. The topological polar surface area (TPSA) is 63.4 Å². The van der Waals surface area contributed by atoms with E-state index in [0.717, 1.165) is 16.7 Å². The lowest BCUT2D eigenvalue weighted by Crippen LogP contribution is -2.42. The van der Waals surface area contributed by atoms with Crippen LogP contribution in [-0.2, 0) is 22.4 Å². The van der Waals surface area contributed by atoms with Gasteiger partial charge in [-0.05, 0) is 47.9 Å². The number of aryl methyl sites for hydroxylation is 1. The number of hydrogen-bond donors (Lipinski definition) is 1. The van der Waals surface area contributed by atoms with Crippen molar-refractivity contribution in [1.82, 2.24) is 4.90 Å². The minimum Gasteiger partial charge on any atom is -0.369 e. The Labute approximate surface area is 181 Å². The molecular weight excluding hydrogens is 392 g/mol. The molecule has 4 nitrogen and oxygen atoms in total. The van der Waals surface area contributed by atoms with Crippen molar-refractivity contribution in [3.63, 3.8) is 0 Å². The lowest BCUT2D eigenvalue weighted by atomic mass is 9.80. The molecule has 1 aromatic heterocycles. The van der Waals surface area contributed by atoms with Crippen molar-refractivity contribution < 1.29 is 9.59 Å². The third-order valence-electron chi connectivity index (χ3n) is 5.98. The second-order valence-electron chi connectivity index (χ2n) is 8.23. The Bertz CT molecular complexity index is 1040. The Morgan fingerprint density at radius 2 is 1.87 bits per heavy atom. The summed E-state index contributed by atoms with van der Waals surface area (Å²) in [6, 6.07) is 20.4. The van der Waals surface area contributed by atoms with Crippen LogP contribution in [0.5, 0.6) is 0 Å². The molecule has 4 rings (SSSR count). The minimum atomic E-state index is -0.711. The molecule has 2 amide bonds. The highest BCUT2D eigenvalue weighted by atomic mass is 32.1. The van der Waals surface area contributed by atoms with Crippen LogP contribution < -0.4 is 5.73 Å². The zero-order valence-corrected chi connectivity index (χ0v) is 18.0. The Morgan fingerprint density at radius 1 is 1.07 bits per heavy atom. The molecule has 5 heteroatoms. The van der Waals surface area contributed by atoms with E-state index >= 15 is 0 Å². The van der Waals surface area contributed by atoms with Gasteiger partial charge in [-0.2, -0.15) is 0 Å². The summed E-state index contributed by atoms with van der Waals surface area (Å²) in [5.74, 6) is -0.274. The first-order valence-corrected chi connectivity index (χ1v) is 11.1. The molecule has 2 N–H and O–H groups in total. The molecule has 3 aromatic rings. The van der Waals surface area contributed by atoms with E-state index in [1.165, 1.54) is 10.4 Å². The Balaban J connectivity index is 1.49. The number of hydrogen-bond acceptors (Lipinski definition) is 3. The van der Waals surface area contributed by atoms with E-state index in [1.54, 1.807) is 16.2 Å². The van der Waals surface area contributed by atoms with Crippen LogP contribution in [0.2, 0.25) is 0 Å². The Hall–Kier alpha value is -2.92. The highest BCUT2D eigenvalue weighted by molar-refractivity contribution is 7.13. The molecule has 1 aliphatic rings.